The van der Waals surface area contributed by atoms with Gasteiger partial charge in [-0.2, -0.15) is 0 Å². The highest BCUT2D eigenvalue weighted by atomic mass is 16.5. The monoisotopic (exact) mass is 416 g/mol. The molecule has 3 aromatic rings. The highest BCUT2D eigenvalue weighted by molar-refractivity contribution is 6.09. The molecule has 0 saturated carbocycles. The van der Waals surface area contributed by atoms with Crippen LogP contribution >= 0.6 is 0 Å². The van der Waals surface area contributed by atoms with Gasteiger partial charge in [0.25, 0.3) is 5.91 Å². The number of hydrogen-bond acceptors (Lipinski definition) is 5. The molecule has 0 fully saturated rings. The summed E-state index contributed by atoms with van der Waals surface area (Å²) in [6, 6.07) is 19.4. The third kappa shape index (κ3) is 5.30. The van der Waals surface area contributed by atoms with Crippen molar-refractivity contribution in [1.82, 2.24) is 0 Å². The molecule has 0 unspecified atom stereocenters. The van der Waals surface area contributed by atoms with Crippen molar-refractivity contribution in [2.75, 3.05) is 31.9 Å². The molecule has 3 rings (SSSR count). The van der Waals surface area contributed by atoms with Crippen LogP contribution in [0.2, 0.25) is 0 Å². The molecule has 0 aliphatic heterocycles. The molecule has 0 aliphatic carbocycles. The molecule has 0 radical (unpaired) electrons. The van der Waals surface area contributed by atoms with Crippen LogP contribution in [0.4, 0.5) is 11.4 Å². The van der Waals surface area contributed by atoms with Gasteiger partial charge < -0.3 is 20.1 Å². The summed E-state index contributed by atoms with van der Waals surface area (Å²) in [7, 11) is 4.92. The number of anilines is 2. The Bertz CT molecular complexity index is 1100. The highest BCUT2D eigenvalue weighted by Gasteiger charge is 2.11. The van der Waals surface area contributed by atoms with Crippen molar-refractivity contribution in [3.8, 4) is 11.5 Å². The quantitative estimate of drug-likeness (QED) is 0.404. The number of hydrogen-bond donors (Lipinski definition) is 2. The molecule has 0 aromatic heterocycles. The Hall–Kier alpha value is -4.06. The fraction of sp³-hybridized carbons (Fsp3) is 0.120. The minimum atomic E-state index is -0.228. The third-order valence-electron chi connectivity index (χ3n) is 4.72. The number of benzene rings is 3. The number of methoxy groups -OCH3 is 2. The summed E-state index contributed by atoms with van der Waals surface area (Å²) < 4.78 is 10.5. The second kappa shape index (κ2) is 10.1. The van der Waals surface area contributed by atoms with Gasteiger partial charge in [0, 0.05) is 29.5 Å². The SMILES string of the molecule is CNc1ccccc1C(=O)Nc1ccc(C(=O)/C=C/c2cc(OC)ccc2OC)cc1. The smallest absolute Gasteiger partial charge is 0.257 e. The third-order valence-corrected chi connectivity index (χ3v) is 4.72. The molecule has 31 heavy (non-hydrogen) atoms. The first-order valence-electron chi connectivity index (χ1n) is 9.68. The van der Waals surface area contributed by atoms with Crippen molar-refractivity contribution in [3.63, 3.8) is 0 Å². The Labute approximate surface area is 181 Å². The van der Waals surface area contributed by atoms with E-state index in [0.717, 1.165) is 11.3 Å². The number of nitrogens with one attached hydrogen (secondary N) is 2. The van der Waals surface area contributed by atoms with E-state index in [-0.39, 0.29) is 11.7 Å². The Morgan fingerprint density at radius 1 is 0.903 bits per heavy atom. The maximum absolute atomic E-state index is 12.6. The summed E-state index contributed by atoms with van der Waals surface area (Å²) in [5, 5.41) is 5.85. The first-order chi connectivity index (χ1) is 15.0. The lowest BCUT2D eigenvalue weighted by Crippen LogP contribution is -2.14. The van der Waals surface area contributed by atoms with Gasteiger partial charge in [-0.1, -0.05) is 12.1 Å². The molecule has 3 aromatic carbocycles. The zero-order valence-corrected chi connectivity index (χ0v) is 17.6. The molecule has 0 spiro atoms. The van der Waals surface area contributed by atoms with E-state index in [1.165, 1.54) is 6.08 Å². The van der Waals surface area contributed by atoms with E-state index in [0.29, 0.717) is 28.3 Å². The predicted octanol–water partition coefficient (Wildman–Crippen LogP) is 4.89. The van der Waals surface area contributed by atoms with Gasteiger partial charge in [0.15, 0.2) is 5.78 Å². The number of carbonyl (C=O) groups is 2. The van der Waals surface area contributed by atoms with E-state index >= 15 is 0 Å². The van der Waals surface area contributed by atoms with Crippen LogP contribution in [0, 0.1) is 0 Å². The number of ketones is 1. The van der Waals surface area contributed by atoms with E-state index in [1.54, 1.807) is 81.9 Å². The van der Waals surface area contributed by atoms with Crippen LogP contribution < -0.4 is 20.1 Å². The average Bonchev–Trinajstić information content (AvgIpc) is 2.82. The number of rotatable bonds is 8. The number of carbonyl (C=O) groups excluding carboxylic acids is 2. The standard InChI is InChI=1S/C25H24N2O4/c1-26-22-7-5-4-6-21(22)25(29)27-19-11-8-17(9-12-19)23(28)14-10-18-16-20(30-2)13-15-24(18)31-3/h4-16,26H,1-3H3,(H,27,29)/b14-10+. The predicted molar refractivity (Wildman–Crippen MR) is 123 cm³/mol. The lowest BCUT2D eigenvalue weighted by atomic mass is 10.1. The van der Waals surface area contributed by atoms with E-state index in [2.05, 4.69) is 10.6 Å². The average molecular weight is 416 g/mol. The van der Waals surface area contributed by atoms with Crippen molar-refractivity contribution >= 4 is 29.1 Å². The summed E-state index contributed by atoms with van der Waals surface area (Å²) in [6.45, 7) is 0. The summed E-state index contributed by atoms with van der Waals surface area (Å²) in [4.78, 5) is 25.1. The minimum absolute atomic E-state index is 0.164. The molecule has 0 heterocycles. The Morgan fingerprint density at radius 2 is 1.65 bits per heavy atom. The van der Waals surface area contributed by atoms with E-state index < -0.39 is 0 Å². The largest absolute Gasteiger partial charge is 0.497 e. The van der Waals surface area contributed by atoms with Crippen molar-refractivity contribution < 1.29 is 19.1 Å². The Kier molecular flexibility index (Phi) is 7.06. The molecular formula is C25H24N2O4. The molecule has 0 aliphatic rings. The Balaban J connectivity index is 1.71. The normalized spacial score (nSPS) is 10.5. The summed E-state index contributed by atoms with van der Waals surface area (Å²) >= 11 is 0. The molecule has 6 heteroatoms. The van der Waals surface area contributed by atoms with Gasteiger partial charge in [0.1, 0.15) is 11.5 Å². The fourth-order valence-electron chi connectivity index (χ4n) is 3.05. The van der Waals surface area contributed by atoms with Gasteiger partial charge in [0.05, 0.1) is 19.8 Å². The minimum Gasteiger partial charge on any atom is -0.497 e. The molecule has 1 amide bonds. The summed E-state index contributed by atoms with van der Waals surface area (Å²) in [6.07, 6.45) is 3.17. The topological polar surface area (TPSA) is 76.7 Å². The summed E-state index contributed by atoms with van der Waals surface area (Å²) in [5.74, 6) is 0.926. The fourth-order valence-corrected chi connectivity index (χ4v) is 3.05. The molecule has 158 valence electrons. The highest BCUT2D eigenvalue weighted by Crippen LogP contribution is 2.25. The van der Waals surface area contributed by atoms with Crippen molar-refractivity contribution in [1.29, 1.82) is 0 Å². The van der Waals surface area contributed by atoms with Gasteiger partial charge in [-0.05, 0) is 66.7 Å². The van der Waals surface area contributed by atoms with Crippen LogP contribution in [0.15, 0.2) is 72.8 Å². The molecular weight excluding hydrogens is 392 g/mol. The van der Waals surface area contributed by atoms with Crippen LogP contribution in [0.3, 0.4) is 0 Å². The number of ether oxygens (including phenoxy) is 2. The van der Waals surface area contributed by atoms with Crippen LogP contribution in [0.5, 0.6) is 11.5 Å². The van der Waals surface area contributed by atoms with E-state index in [4.69, 9.17) is 9.47 Å². The van der Waals surface area contributed by atoms with Gasteiger partial charge in [0.2, 0.25) is 0 Å². The summed E-state index contributed by atoms with van der Waals surface area (Å²) in [5.41, 5.74) is 3.13. The number of allylic oxidation sites excluding steroid dienone is 1. The van der Waals surface area contributed by atoms with Crippen LogP contribution in [-0.2, 0) is 0 Å². The first-order valence-corrected chi connectivity index (χ1v) is 9.68. The van der Waals surface area contributed by atoms with E-state index in [9.17, 15) is 9.59 Å². The number of amides is 1. The van der Waals surface area contributed by atoms with Crippen LogP contribution in [0.1, 0.15) is 26.3 Å². The second-order valence-electron chi connectivity index (χ2n) is 6.63. The zero-order chi connectivity index (χ0) is 22.2. The molecule has 0 saturated heterocycles. The van der Waals surface area contributed by atoms with Crippen molar-refractivity contribution in [2.45, 2.75) is 0 Å². The lowest BCUT2D eigenvalue weighted by molar-refractivity contribution is 0.102. The maximum Gasteiger partial charge on any atom is 0.257 e. The van der Waals surface area contributed by atoms with Crippen molar-refractivity contribution in [3.05, 3.63) is 89.5 Å². The molecule has 0 atom stereocenters. The number of para-hydroxylation sites is 1. The molecule has 0 bridgehead atoms. The van der Waals surface area contributed by atoms with Gasteiger partial charge in [-0.25, -0.2) is 0 Å². The van der Waals surface area contributed by atoms with Gasteiger partial charge in [-0.3, -0.25) is 9.59 Å². The second-order valence-corrected chi connectivity index (χ2v) is 6.63. The van der Waals surface area contributed by atoms with Gasteiger partial charge >= 0.3 is 0 Å². The van der Waals surface area contributed by atoms with E-state index in [1.807, 2.05) is 12.1 Å². The van der Waals surface area contributed by atoms with Crippen LogP contribution in [-0.4, -0.2) is 33.0 Å². The molecule has 6 nitrogen and oxygen atoms in total. The first kappa shape index (κ1) is 21.6. The zero-order valence-electron chi connectivity index (χ0n) is 17.6. The Morgan fingerprint density at radius 3 is 2.32 bits per heavy atom. The lowest BCUT2D eigenvalue weighted by Gasteiger charge is -2.10. The van der Waals surface area contributed by atoms with Gasteiger partial charge in [-0.15, -0.1) is 0 Å². The van der Waals surface area contributed by atoms with Crippen LogP contribution in [0.25, 0.3) is 6.08 Å². The van der Waals surface area contributed by atoms with Crippen molar-refractivity contribution in [2.24, 2.45) is 0 Å². The maximum atomic E-state index is 12.6. The molecule has 2 N–H and O–H groups in total.